The highest BCUT2D eigenvalue weighted by Gasteiger charge is 2.27. The molecule has 0 radical (unpaired) electrons. The fraction of sp³-hybridized carbons (Fsp3) is 0.433. The molecular weight excluding hydrogens is 480 g/mol. The number of hydrogen-bond donors (Lipinski definition) is 2. The molecule has 4 rings (SSSR count). The van der Waals surface area contributed by atoms with Crippen molar-refractivity contribution in [3.8, 4) is 0 Å². The summed E-state index contributed by atoms with van der Waals surface area (Å²) in [5, 5.41) is 5.74. The van der Waals surface area contributed by atoms with E-state index in [2.05, 4.69) is 22.6 Å². The molecule has 1 saturated heterocycles. The summed E-state index contributed by atoms with van der Waals surface area (Å²) in [5.41, 5.74) is 4.08. The third-order valence-corrected chi connectivity index (χ3v) is 6.92. The Morgan fingerprint density at radius 2 is 1.74 bits per heavy atom. The van der Waals surface area contributed by atoms with Gasteiger partial charge in [-0.3, -0.25) is 19.3 Å². The van der Waals surface area contributed by atoms with Crippen LogP contribution in [0.1, 0.15) is 55.1 Å². The quantitative estimate of drug-likeness (QED) is 0.541. The number of nitrogens with zero attached hydrogens (tertiary/aromatic N) is 2. The van der Waals surface area contributed by atoms with Gasteiger partial charge in [0.1, 0.15) is 0 Å². The minimum Gasteiger partial charge on any atom is -0.381 e. The predicted octanol–water partition coefficient (Wildman–Crippen LogP) is 4.39. The van der Waals surface area contributed by atoms with Crippen molar-refractivity contribution in [2.75, 3.05) is 44.0 Å². The van der Waals surface area contributed by atoms with Crippen molar-refractivity contribution in [1.29, 1.82) is 0 Å². The van der Waals surface area contributed by atoms with Gasteiger partial charge in [0.05, 0.1) is 6.54 Å². The zero-order chi connectivity index (χ0) is 27.2. The molecule has 2 aromatic rings. The summed E-state index contributed by atoms with van der Waals surface area (Å²) in [5.74, 6) is -0.368. The van der Waals surface area contributed by atoms with Crippen LogP contribution in [0, 0.1) is 5.92 Å². The Morgan fingerprint density at radius 3 is 2.39 bits per heavy atom. The summed E-state index contributed by atoms with van der Waals surface area (Å²) in [6.07, 6.45) is 3.87. The van der Waals surface area contributed by atoms with Gasteiger partial charge >= 0.3 is 0 Å². The topological polar surface area (TPSA) is 91.0 Å². The van der Waals surface area contributed by atoms with Gasteiger partial charge in [0.15, 0.2) is 0 Å². The molecule has 0 bridgehead atoms. The van der Waals surface area contributed by atoms with Gasteiger partial charge in [0.2, 0.25) is 5.91 Å². The van der Waals surface area contributed by atoms with Crippen molar-refractivity contribution in [2.45, 2.75) is 46.2 Å². The van der Waals surface area contributed by atoms with Gasteiger partial charge in [0, 0.05) is 61.8 Å². The summed E-state index contributed by atoms with van der Waals surface area (Å²) in [6, 6.07) is 13.7. The van der Waals surface area contributed by atoms with E-state index in [9.17, 15) is 14.4 Å². The Hall–Kier alpha value is -3.49. The van der Waals surface area contributed by atoms with Crippen LogP contribution in [0.5, 0.6) is 0 Å². The first-order valence-corrected chi connectivity index (χ1v) is 13.3. The molecule has 0 aromatic heterocycles. The second-order valence-corrected chi connectivity index (χ2v) is 10.6. The molecule has 1 fully saturated rings. The third-order valence-electron chi connectivity index (χ3n) is 6.92. The summed E-state index contributed by atoms with van der Waals surface area (Å²) in [7, 11) is 2.14. The number of hydrogen-bond acceptors (Lipinski definition) is 5. The van der Waals surface area contributed by atoms with Gasteiger partial charge in [-0.1, -0.05) is 32.0 Å². The predicted molar refractivity (Wildman–Crippen MR) is 150 cm³/mol. The molecular formula is C30H38N4O4. The van der Waals surface area contributed by atoms with E-state index < -0.39 is 0 Å². The number of carbonyl (C=O) groups is 3. The molecule has 0 spiro atoms. The maximum atomic E-state index is 13.4. The molecule has 0 atom stereocenters. The van der Waals surface area contributed by atoms with E-state index in [1.54, 1.807) is 29.2 Å². The normalized spacial score (nSPS) is 16.2. The lowest BCUT2D eigenvalue weighted by Crippen LogP contribution is -2.37. The van der Waals surface area contributed by atoms with Gasteiger partial charge in [-0.05, 0) is 67.3 Å². The van der Waals surface area contributed by atoms with Crippen LogP contribution in [0.25, 0.3) is 6.08 Å². The summed E-state index contributed by atoms with van der Waals surface area (Å²) in [4.78, 5) is 42.4. The van der Waals surface area contributed by atoms with Crippen LogP contribution in [-0.2, 0) is 20.9 Å². The molecule has 2 aliphatic rings. The molecule has 2 N–H and O–H groups in total. The summed E-state index contributed by atoms with van der Waals surface area (Å²) < 4.78 is 5.47. The molecule has 202 valence electrons. The monoisotopic (exact) mass is 518 g/mol. The molecule has 8 heteroatoms. The minimum atomic E-state index is -0.239. The zero-order valence-electron chi connectivity index (χ0n) is 22.8. The number of carbonyl (C=O) groups excluding carboxylic acids is 3. The lowest BCUT2D eigenvalue weighted by molar-refractivity contribution is -0.114. The minimum absolute atomic E-state index is 0.155. The Kier molecular flexibility index (Phi) is 8.97. The van der Waals surface area contributed by atoms with Gasteiger partial charge < -0.3 is 20.3 Å². The lowest BCUT2D eigenvalue weighted by Gasteiger charge is -2.31. The van der Waals surface area contributed by atoms with Crippen molar-refractivity contribution < 1.29 is 19.1 Å². The molecule has 2 aliphatic heterocycles. The highest BCUT2D eigenvalue weighted by molar-refractivity contribution is 6.10. The van der Waals surface area contributed by atoms with Gasteiger partial charge in [-0.15, -0.1) is 0 Å². The smallest absolute Gasteiger partial charge is 0.254 e. The summed E-state index contributed by atoms with van der Waals surface area (Å²) >= 11 is 0. The van der Waals surface area contributed by atoms with E-state index in [4.69, 9.17) is 4.74 Å². The maximum Gasteiger partial charge on any atom is 0.254 e. The number of fused-ring (bicyclic) bond motifs is 1. The highest BCUT2D eigenvalue weighted by atomic mass is 16.5. The number of nitrogens with one attached hydrogen (secondary N) is 2. The van der Waals surface area contributed by atoms with Crippen LogP contribution in [-0.4, -0.2) is 66.9 Å². The largest absolute Gasteiger partial charge is 0.381 e. The van der Waals surface area contributed by atoms with E-state index in [1.165, 1.54) is 12.5 Å². The van der Waals surface area contributed by atoms with Gasteiger partial charge in [0.25, 0.3) is 11.8 Å². The number of benzene rings is 2. The van der Waals surface area contributed by atoms with Crippen LogP contribution < -0.4 is 10.6 Å². The van der Waals surface area contributed by atoms with E-state index >= 15 is 0 Å². The van der Waals surface area contributed by atoms with Crippen molar-refractivity contribution in [3.63, 3.8) is 0 Å². The molecule has 3 amide bonds. The summed E-state index contributed by atoms with van der Waals surface area (Å²) in [6.45, 7) is 8.71. The first-order valence-electron chi connectivity index (χ1n) is 13.3. The Balaban J connectivity index is 1.49. The molecule has 0 saturated carbocycles. The number of amides is 3. The zero-order valence-corrected chi connectivity index (χ0v) is 22.8. The van der Waals surface area contributed by atoms with Crippen LogP contribution >= 0.6 is 0 Å². The van der Waals surface area contributed by atoms with Gasteiger partial charge in [-0.2, -0.15) is 0 Å². The van der Waals surface area contributed by atoms with Crippen LogP contribution in [0.2, 0.25) is 0 Å². The standard InChI is InChI=1S/C30H38N4O4/c1-20(2)17-34-19-24(15-23-7-10-26(31-21(3)35)16-28(23)30(34)37)29(36)32-25-8-5-22(6-9-25)18-33(4)27-11-13-38-14-12-27/h5-10,15-16,20,27H,11-14,17-19H2,1-4H3,(H,31,35)(H,32,36). The van der Waals surface area contributed by atoms with Crippen molar-refractivity contribution in [1.82, 2.24) is 9.80 Å². The second-order valence-electron chi connectivity index (χ2n) is 10.6. The fourth-order valence-corrected chi connectivity index (χ4v) is 5.00. The molecule has 38 heavy (non-hydrogen) atoms. The molecule has 0 aliphatic carbocycles. The van der Waals surface area contributed by atoms with E-state index in [-0.39, 0.29) is 30.2 Å². The van der Waals surface area contributed by atoms with E-state index in [0.29, 0.717) is 40.7 Å². The van der Waals surface area contributed by atoms with Gasteiger partial charge in [-0.25, -0.2) is 0 Å². The molecule has 0 unspecified atom stereocenters. The second kappa shape index (κ2) is 12.4. The third kappa shape index (κ3) is 7.08. The van der Waals surface area contributed by atoms with Crippen molar-refractivity contribution in [3.05, 3.63) is 64.7 Å². The van der Waals surface area contributed by atoms with Crippen molar-refractivity contribution in [2.24, 2.45) is 5.92 Å². The molecule has 2 heterocycles. The highest BCUT2D eigenvalue weighted by Crippen LogP contribution is 2.26. The van der Waals surface area contributed by atoms with E-state index in [1.807, 2.05) is 38.1 Å². The first kappa shape index (κ1) is 27.5. The number of ether oxygens (including phenoxy) is 1. The Morgan fingerprint density at radius 1 is 1.05 bits per heavy atom. The van der Waals surface area contributed by atoms with Crippen molar-refractivity contribution >= 4 is 35.2 Å². The maximum absolute atomic E-state index is 13.4. The molecule has 8 nitrogen and oxygen atoms in total. The fourth-order valence-electron chi connectivity index (χ4n) is 5.00. The average molecular weight is 519 g/mol. The lowest BCUT2D eigenvalue weighted by atomic mass is 10.0. The SMILES string of the molecule is CC(=O)Nc1ccc2c(c1)C(=O)N(CC(C)C)CC(C(=O)Nc1ccc(CN(C)C3CCOCC3)cc1)=C2. The Bertz CT molecular complexity index is 1200. The van der Waals surface area contributed by atoms with Crippen LogP contribution in [0.4, 0.5) is 11.4 Å². The average Bonchev–Trinajstić information content (AvgIpc) is 3.01. The Labute approximate surface area is 225 Å². The number of anilines is 2. The number of rotatable bonds is 8. The molecule has 2 aromatic carbocycles. The van der Waals surface area contributed by atoms with Crippen LogP contribution in [0.3, 0.4) is 0 Å². The van der Waals surface area contributed by atoms with E-state index in [0.717, 1.165) is 32.6 Å². The van der Waals surface area contributed by atoms with Crippen LogP contribution in [0.15, 0.2) is 48.0 Å². The first-order chi connectivity index (χ1) is 18.2.